The van der Waals surface area contributed by atoms with Crippen LogP contribution in [0, 0.1) is 11.3 Å². The molecule has 0 amide bonds. The van der Waals surface area contributed by atoms with Crippen molar-refractivity contribution in [3.63, 3.8) is 0 Å². The second-order valence-electron chi connectivity index (χ2n) is 13.9. The quantitative estimate of drug-likeness (QED) is 0.193. The fourth-order valence-corrected chi connectivity index (χ4v) is 8.80. The molecule has 0 aromatic heterocycles. The highest BCUT2D eigenvalue weighted by molar-refractivity contribution is 6.29. The Morgan fingerprint density at radius 2 is 0.918 bits per heavy atom. The standard InChI is InChI=1S/C48H31N/c1-48(2)40-26-25-39-44-38(24-23-37(45(40)44)34-22-21-33(27-41(34)48)30-19-17-29(28-49)18-20-30)46-42(31-11-5-3-6-12-31)35-15-9-10-16-36(35)43(47(39)46)32-13-7-4-8-14-32/h3-27H,1-2H3. The van der Waals surface area contributed by atoms with Gasteiger partial charge in [-0.3, -0.25) is 0 Å². The van der Waals surface area contributed by atoms with Crippen LogP contribution in [0.4, 0.5) is 0 Å². The molecule has 1 nitrogen and oxygen atoms in total. The van der Waals surface area contributed by atoms with Crippen molar-refractivity contribution in [3.05, 3.63) is 168 Å². The molecule has 0 heterocycles. The number of nitriles is 1. The third kappa shape index (κ3) is 3.80. The highest BCUT2D eigenvalue weighted by Gasteiger charge is 2.38. The van der Waals surface area contributed by atoms with Gasteiger partial charge in [-0.05, 0) is 118 Å². The number of rotatable bonds is 3. The lowest BCUT2D eigenvalue weighted by molar-refractivity contribution is 0.645. The summed E-state index contributed by atoms with van der Waals surface area (Å²) in [5.74, 6) is 0. The second-order valence-corrected chi connectivity index (χ2v) is 13.9. The fourth-order valence-electron chi connectivity index (χ4n) is 8.80. The average Bonchev–Trinajstić information content (AvgIpc) is 3.49. The predicted molar refractivity (Wildman–Crippen MR) is 204 cm³/mol. The summed E-state index contributed by atoms with van der Waals surface area (Å²) < 4.78 is 0. The van der Waals surface area contributed by atoms with E-state index in [9.17, 15) is 5.26 Å². The van der Waals surface area contributed by atoms with E-state index >= 15 is 0 Å². The van der Waals surface area contributed by atoms with Crippen LogP contribution in [0.15, 0.2) is 152 Å². The summed E-state index contributed by atoms with van der Waals surface area (Å²) in [4.78, 5) is 0. The van der Waals surface area contributed by atoms with Crippen LogP contribution in [-0.2, 0) is 5.41 Å². The molecule has 0 aliphatic heterocycles. The van der Waals surface area contributed by atoms with Crippen LogP contribution in [0.3, 0.4) is 0 Å². The van der Waals surface area contributed by atoms with Gasteiger partial charge in [-0.2, -0.15) is 5.26 Å². The molecule has 2 aliphatic carbocycles. The molecule has 0 unspecified atom stereocenters. The minimum atomic E-state index is -0.216. The first-order chi connectivity index (χ1) is 24.0. The van der Waals surface area contributed by atoms with Crippen LogP contribution >= 0.6 is 0 Å². The maximum absolute atomic E-state index is 9.34. The van der Waals surface area contributed by atoms with Gasteiger partial charge in [0.2, 0.25) is 0 Å². The van der Waals surface area contributed by atoms with Crippen LogP contribution in [0.2, 0.25) is 0 Å². The summed E-state index contributed by atoms with van der Waals surface area (Å²) in [6.07, 6.45) is 0. The van der Waals surface area contributed by atoms with E-state index in [-0.39, 0.29) is 5.41 Å². The fraction of sp³-hybridized carbons (Fsp3) is 0.0625. The molecule has 1 heteroatoms. The molecule has 8 aromatic carbocycles. The zero-order valence-electron chi connectivity index (χ0n) is 27.4. The summed E-state index contributed by atoms with van der Waals surface area (Å²) >= 11 is 0. The average molecular weight is 622 g/mol. The topological polar surface area (TPSA) is 23.8 Å². The molecule has 0 bridgehead atoms. The highest BCUT2D eigenvalue weighted by atomic mass is 14.4. The van der Waals surface area contributed by atoms with Crippen LogP contribution in [0.25, 0.3) is 88.3 Å². The van der Waals surface area contributed by atoms with E-state index in [1.807, 2.05) is 12.1 Å². The largest absolute Gasteiger partial charge is 0.192 e. The Balaban J connectivity index is 1.30. The summed E-state index contributed by atoms with van der Waals surface area (Å²) in [6.45, 7) is 4.76. The SMILES string of the molecule is CC1(C)c2cc(-c3ccc(C#N)cc3)ccc2-c2ccc3c4c(ccc1c24)-c1c-3c(-c2ccccc2)c2ccccc2c1-c1ccccc1. The Kier molecular flexibility index (Phi) is 5.76. The Hall–Kier alpha value is -6.23. The van der Waals surface area contributed by atoms with Crippen LogP contribution in [0.5, 0.6) is 0 Å². The van der Waals surface area contributed by atoms with Crippen LogP contribution < -0.4 is 0 Å². The molecule has 49 heavy (non-hydrogen) atoms. The van der Waals surface area contributed by atoms with Gasteiger partial charge in [0, 0.05) is 5.41 Å². The smallest absolute Gasteiger partial charge is 0.0991 e. The molecule has 0 saturated carbocycles. The van der Waals surface area contributed by atoms with E-state index in [1.54, 1.807) is 0 Å². The normalized spacial score (nSPS) is 13.2. The molecular formula is C48H31N. The van der Waals surface area contributed by atoms with E-state index in [1.165, 1.54) is 93.9 Å². The van der Waals surface area contributed by atoms with Crippen LogP contribution in [-0.4, -0.2) is 0 Å². The molecule has 0 fully saturated rings. The third-order valence-electron chi connectivity index (χ3n) is 11.0. The van der Waals surface area contributed by atoms with Gasteiger partial charge in [0.15, 0.2) is 0 Å². The first-order valence-electron chi connectivity index (χ1n) is 17.0. The van der Waals surface area contributed by atoms with Crippen molar-refractivity contribution >= 4 is 21.5 Å². The summed E-state index contributed by atoms with van der Waals surface area (Å²) in [5.41, 5.74) is 18.5. The summed E-state index contributed by atoms with van der Waals surface area (Å²) in [7, 11) is 0. The molecule has 0 N–H and O–H groups in total. The van der Waals surface area contributed by atoms with Gasteiger partial charge in [-0.25, -0.2) is 0 Å². The zero-order chi connectivity index (χ0) is 32.9. The van der Waals surface area contributed by atoms with Crippen LogP contribution in [0.1, 0.15) is 30.5 Å². The van der Waals surface area contributed by atoms with Crippen molar-refractivity contribution in [1.29, 1.82) is 5.26 Å². The first-order valence-corrected chi connectivity index (χ1v) is 17.0. The molecule has 0 saturated heterocycles. The minimum absolute atomic E-state index is 0.216. The second kappa shape index (κ2) is 10.1. The Labute approximate surface area is 286 Å². The summed E-state index contributed by atoms with van der Waals surface area (Å²) in [5, 5.41) is 14.6. The van der Waals surface area contributed by atoms with Gasteiger partial charge < -0.3 is 0 Å². The van der Waals surface area contributed by atoms with Gasteiger partial charge in [-0.1, -0.05) is 147 Å². The lowest BCUT2D eigenvalue weighted by Crippen LogP contribution is -2.23. The van der Waals surface area contributed by atoms with Gasteiger partial charge in [0.1, 0.15) is 0 Å². The van der Waals surface area contributed by atoms with Crippen molar-refractivity contribution < 1.29 is 0 Å². The number of nitrogens with zero attached hydrogens (tertiary/aromatic N) is 1. The maximum atomic E-state index is 9.34. The first kappa shape index (κ1) is 27.8. The molecule has 2 aliphatic rings. The monoisotopic (exact) mass is 621 g/mol. The van der Waals surface area contributed by atoms with E-state index in [4.69, 9.17) is 0 Å². The zero-order valence-corrected chi connectivity index (χ0v) is 27.4. The van der Waals surface area contributed by atoms with Crippen molar-refractivity contribution in [2.45, 2.75) is 19.3 Å². The van der Waals surface area contributed by atoms with E-state index in [2.05, 4.69) is 159 Å². The third-order valence-corrected chi connectivity index (χ3v) is 11.0. The van der Waals surface area contributed by atoms with Crippen molar-refractivity contribution in [2.75, 3.05) is 0 Å². The molecule has 0 radical (unpaired) electrons. The van der Waals surface area contributed by atoms with E-state index in [0.29, 0.717) is 5.56 Å². The Morgan fingerprint density at radius 3 is 1.51 bits per heavy atom. The number of fused-ring (bicyclic) bond motifs is 6. The molecule has 0 atom stereocenters. The summed E-state index contributed by atoms with van der Waals surface area (Å²) in [6, 6.07) is 57.5. The molecule has 228 valence electrons. The molecule has 8 aromatic rings. The van der Waals surface area contributed by atoms with E-state index < -0.39 is 0 Å². The lowest BCUT2D eigenvalue weighted by atomic mass is 9.67. The number of hydrogen-bond acceptors (Lipinski definition) is 1. The van der Waals surface area contributed by atoms with Gasteiger partial charge in [0.05, 0.1) is 11.6 Å². The van der Waals surface area contributed by atoms with Gasteiger partial charge in [0.25, 0.3) is 0 Å². The van der Waals surface area contributed by atoms with Gasteiger partial charge in [-0.15, -0.1) is 0 Å². The number of benzene rings is 8. The predicted octanol–water partition coefficient (Wildman–Crippen LogP) is 12.8. The molecule has 10 rings (SSSR count). The molecule has 0 spiro atoms. The van der Waals surface area contributed by atoms with Crippen molar-refractivity contribution in [3.8, 4) is 72.8 Å². The minimum Gasteiger partial charge on any atom is -0.192 e. The Bertz CT molecular complexity index is 2620. The lowest BCUT2D eigenvalue weighted by Gasteiger charge is -2.36. The van der Waals surface area contributed by atoms with Gasteiger partial charge >= 0.3 is 0 Å². The Morgan fingerprint density at radius 1 is 0.408 bits per heavy atom. The van der Waals surface area contributed by atoms with E-state index in [0.717, 1.165) is 5.56 Å². The highest BCUT2D eigenvalue weighted by Crippen LogP contribution is 2.61. The van der Waals surface area contributed by atoms with Crippen molar-refractivity contribution in [2.24, 2.45) is 0 Å². The molecular weight excluding hydrogens is 591 g/mol. The number of hydrogen-bond donors (Lipinski definition) is 0. The van der Waals surface area contributed by atoms with Crippen molar-refractivity contribution in [1.82, 2.24) is 0 Å². The maximum Gasteiger partial charge on any atom is 0.0991 e.